The van der Waals surface area contributed by atoms with Gasteiger partial charge in [0.05, 0.1) is 0 Å². The molecule has 88 valence electrons. The van der Waals surface area contributed by atoms with Crippen molar-refractivity contribution >= 4 is 21.7 Å². The van der Waals surface area contributed by atoms with Crippen LogP contribution in [0.3, 0.4) is 0 Å². The molecule has 2 aromatic rings. The van der Waals surface area contributed by atoms with Crippen molar-refractivity contribution in [1.29, 1.82) is 0 Å². The van der Waals surface area contributed by atoms with Crippen LogP contribution in [0.25, 0.3) is 0 Å². The lowest BCUT2D eigenvalue weighted by Crippen LogP contribution is -2.10. The molecule has 0 amide bonds. The Labute approximate surface area is 106 Å². The van der Waals surface area contributed by atoms with Gasteiger partial charge in [-0.15, -0.1) is 0 Å². The van der Waals surface area contributed by atoms with E-state index < -0.39 is 0 Å². The first-order valence-corrected chi connectivity index (χ1v) is 5.81. The molecule has 0 saturated heterocycles. The van der Waals surface area contributed by atoms with Gasteiger partial charge >= 0.3 is 0 Å². The predicted molar refractivity (Wildman–Crippen MR) is 65.3 cm³/mol. The van der Waals surface area contributed by atoms with Gasteiger partial charge in [-0.1, -0.05) is 22.0 Å². The number of benzene rings is 1. The van der Waals surface area contributed by atoms with Gasteiger partial charge in [0.25, 0.3) is 0 Å². The minimum absolute atomic E-state index is 0.0928. The third-order valence-corrected chi connectivity index (χ3v) is 3.17. The number of imidazole rings is 1. The molecule has 2 rings (SSSR count). The van der Waals surface area contributed by atoms with E-state index in [9.17, 15) is 9.18 Å². The Bertz CT molecular complexity index is 565. The van der Waals surface area contributed by atoms with Crippen molar-refractivity contribution < 1.29 is 9.18 Å². The van der Waals surface area contributed by atoms with Crippen LogP contribution in [-0.4, -0.2) is 15.3 Å². The number of ketones is 1. The van der Waals surface area contributed by atoms with Gasteiger partial charge in [0, 0.05) is 30.3 Å². The Morgan fingerprint density at radius 1 is 1.53 bits per heavy atom. The van der Waals surface area contributed by atoms with Crippen LogP contribution in [0.5, 0.6) is 0 Å². The van der Waals surface area contributed by atoms with Crippen LogP contribution >= 0.6 is 15.9 Å². The second kappa shape index (κ2) is 4.79. The van der Waals surface area contributed by atoms with Crippen LogP contribution in [0.4, 0.5) is 4.39 Å². The summed E-state index contributed by atoms with van der Waals surface area (Å²) in [4.78, 5) is 15.9. The minimum atomic E-state index is -0.329. The smallest absolute Gasteiger partial charge is 0.202 e. The summed E-state index contributed by atoms with van der Waals surface area (Å²) in [5.41, 5.74) is 0.749. The average Bonchev–Trinajstić information content (AvgIpc) is 2.68. The highest BCUT2D eigenvalue weighted by molar-refractivity contribution is 9.10. The molecule has 0 bridgehead atoms. The second-order valence-corrected chi connectivity index (χ2v) is 4.55. The van der Waals surface area contributed by atoms with E-state index in [1.165, 1.54) is 12.1 Å². The van der Waals surface area contributed by atoms with Gasteiger partial charge < -0.3 is 4.57 Å². The highest BCUT2D eigenvalue weighted by Crippen LogP contribution is 2.19. The summed E-state index contributed by atoms with van der Waals surface area (Å²) in [7, 11) is 1.76. The molecule has 0 saturated carbocycles. The van der Waals surface area contributed by atoms with Crippen molar-refractivity contribution in [3.8, 4) is 0 Å². The molecule has 0 radical (unpaired) electrons. The van der Waals surface area contributed by atoms with Crippen molar-refractivity contribution in [1.82, 2.24) is 9.55 Å². The zero-order chi connectivity index (χ0) is 12.4. The highest BCUT2D eigenvalue weighted by Gasteiger charge is 2.13. The summed E-state index contributed by atoms with van der Waals surface area (Å²) in [5.74, 6) is -0.0175. The van der Waals surface area contributed by atoms with E-state index in [2.05, 4.69) is 20.9 Å². The standard InChI is InChI=1S/C12H10BrFN2O/c1-16-5-4-15-12(16)11(17)6-8-2-3-9(14)7-10(8)13/h2-5,7H,6H2,1H3. The SMILES string of the molecule is Cn1ccnc1C(=O)Cc1ccc(F)cc1Br. The molecule has 1 heterocycles. The van der Waals surface area contributed by atoms with E-state index >= 15 is 0 Å². The molecule has 3 nitrogen and oxygen atoms in total. The largest absolute Gasteiger partial charge is 0.332 e. The Morgan fingerprint density at radius 2 is 2.29 bits per heavy atom. The zero-order valence-electron chi connectivity index (χ0n) is 9.15. The molecule has 0 aliphatic heterocycles. The van der Waals surface area contributed by atoms with Crippen molar-refractivity contribution in [3.63, 3.8) is 0 Å². The van der Waals surface area contributed by atoms with Gasteiger partial charge in [-0.05, 0) is 17.7 Å². The fraction of sp³-hybridized carbons (Fsp3) is 0.167. The fourth-order valence-corrected chi connectivity index (χ4v) is 2.04. The second-order valence-electron chi connectivity index (χ2n) is 3.70. The number of hydrogen-bond donors (Lipinski definition) is 0. The van der Waals surface area contributed by atoms with Gasteiger partial charge in [0.1, 0.15) is 5.82 Å². The molecule has 5 heteroatoms. The number of nitrogens with zero attached hydrogens (tertiary/aromatic N) is 2. The lowest BCUT2D eigenvalue weighted by molar-refractivity contribution is 0.0980. The number of hydrogen-bond acceptors (Lipinski definition) is 2. The van der Waals surface area contributed by atoms with E-state index in [0.717, 1.165) is 5.56 Å². The Morgan fingerprint density at radius 3 is 2.88 bits per heavy atom. The predicted octanol–water partition coefficient (Wildman–Crippen LogP) is 2.75. The maximum absolute atomic E-state index is 12.9. The monoisotopic (exact) mass is 296 g/mol. The van der Waals surface area contributed by atoms with Gasteiger partial charge in [-0.2, -0.15) is 0 Å². The van der Waals surface area contributed by atoms with Crippen LogP contribution in [0.15, 0.2) is 35.1 Å². The van der Waals surface area contributed by atoms with Gasteiger partial charge in [-0.25, -0.2) is 9.37 Å². The molecular formula is C12H10BrFN2O. The van der Waals surface area contributed by atoms with Crippen molar-refractivity contribution in [2.24, 2.45) is 7.05 Å². The van der Waals surface area contributed by atoms with Crippen molar-refractivity contribution in [2.75, 3.05) is 0 Å². The van der Waals surface area contributed by atoms with Crippen LogP contribution < -0.4 is 0 Å². The molecule has 17 heavy (non-hydrogen) atoms. The number of carbonyl (C=O) groups is 1. The first-order chi connectivity index (χ1) is 8.08. The van der Waals surface area contributed by atoms with E-state index in [0.29, 0.717) is 10.3 Å². The summed E-state index contributed by atoms with van der Waals surface area (Å²) in [6.45, 7) is 0. The fourth-order valence-electron chi connectivity index (χ4n) is 1.55. The normalized spacial score (nSPS) is 10.5. The van der Waals surface area contributed by atoms with E-state index in [-0.39, 0.29) is 18.0 Å². The molecule has 0 aliphatic carbocycles. The Kier molecular flexibility index (Phi) is 3.38. The molecule has 0 atom stereocenters. The Hall–Kier alpha value is -1.49. The van der Waals surface area contributed by atoms with E-state index in [1.54, 1.807) is 30.1 Å². The summed E-state index contributed by atoms with van der Waals surface area (Å²) < 4.78 is 15.2. The molecule has 0 fully saturated rings. The molecular weight excluding hydrogens is 287 g/mol. The van der Waals surface area contributed by atoms with Crippen LogP contribution in [0.2, 0.25) is 0 Å². The molecule has 0 spiro atoms. The van der Waals surface area contributed by atoms with Crippen LogP contribution in [-0.2, 0) is 13.5 Å². The molecule has 1 aromatic heterocycles. The van der Waals surface area contributed by atoms with E-state index in [1.807, 2.05) is 0 Å². The molecule has 0 aliphatic rings. The topological polar surface area (TPSA) is 34.9 Å². The average molecular weight is 297 g/mol. The third kappa shape index (κ3) is 2.61. The van der Waals surface area contributed by atoms with Crippen molar-refractivity contribution in [2.45, 2.75) is 6.42 Å². The van der Waals surface area contributed by atoms with Gasteiger partial charge in [0.2, 0.25) is 5.78 Å². The number of carbonyl (C=O) groups excluding carboxylic acids is 1. The van der Waals surface area contributed by atoms with Gasteiger partial charge in [0.15, 0.2) is 5.82 Å². The number of Topliss-reactive ketones (excluding diaryl/α,β-unsaturated/α-hetero) is 1. The highest BCUT2D eigenvalue weighted by atomic mass is 79.9. The van der Waals surface area contributed by atoms with Crippen LogP contribution in [0.1, 0.15) is 16.2 Å². The van der Waals surface area contributed by atoms with Gasteiger partial charge in [-0.3, -0.25) is 4.79 Å². The zero-order valence-corrected chi connectivity index (χ0v) is 10.7. The minimum Gasteiger partial charge on any atom is -0.332 e. The first-order valence-electron chi connectivity index (χ1n) is 5.02. The summed E-state index contributed by atoms with van der Waals surface area (Å²) in [5, 5.41) is 0. The first kappa shape index (κ1) is 12.0. The quantitative estimate of drug-likeness (QED) is 0.817. The lowest BCUT2D eigenvalue weighted by Gasteiger charge is -2.04. The maximum atomic E-state index is 12.9. The lowest BCUT2D eigenvalue weighted by atomic mass is 10.1. The number of halogens is 2. The molecule has 0 unspecified atom stereocenters. The number of aryl methyl sites for hydroxylation is 1. The van der Waals surface area contributed by atoms with Crippen LogP contribution in [0, 0.1) is 5.82 Å². The summed E-state index contributed by atoms with van der Waals surface area (Å²) in [6.07, 6.45) is 3.49. The molecule has 1 aromatic carbocycles. The number of rotatable bonds is 3. The maximum Gasteiger partial charge on any atom is 0.202 e. The third-order valence-electron chi connectivity index (χ3n) is 2.44. The number of aromatic nitrogens is 2. The summed E-state index contributed by atoms with van der Waals surface area (Å²) >= 11 is 3.24. The van der Waals surface area contributed by atoms with Crippen molar-refractivity contribution in [3.05, 3.63) is 52.3 Å². The summed E-state index contributed by atoms with van der Waals surface area (Å²) in [6, 6.07) is 4.28. The Balaban J connectivity index is 2.22. The van der Waals surface area contributed by atoms with E-state index in [4.69, 9.17) is 0 Å². The molecule has 0 N–H and O–H groups in total.